The fourth-order valence-corrected chi connectivity index (χ4v) is 2.34. The van der Waals surface area contributed by atoms with Gasteiger partial charge < -0.3 is 5.11 Å². The van der Waals surface area contributed by atoms with Crippen molar-refractivity contribution in [2.45, 2.75) is 37.5 Å². The zero-order valence-electron chi connectivity index (χ0n) is 9.93. The van der Waals surface area contributed by atoms with Gasteiger partial charge in [-0.15, -0.1) is 0 Å². The van der Waals surface area contributed by atoms with Gasteiger partial charge >= 0.3 is 6.18 Å². The highest BCUT2D eigenvalue weighted by Crippen LogP contribution is 2.35. The van der Waals surface area contributed by atoms with E-state index in [0.29, 0.717) is 25.0 Å². The second-order valence-electron chi connectivity index (χ2n) is 4.76. The number of aliphatic hydroxyl groups is 1. The summed E-state index contributed by atoms with van der Waals surface area (Å²) in [5.41, 5.74) is -3.40. The summed E-state index contributed by atoms with van der Waals surface area (Å²) in [5.74, 6) is -2.20. The second kappa shape index (κ2) is 4.59. The smallest absolute Gasteiger partial charge is 0.382 e. The van der Waals surface area contributed by atoms with Crippen molar-refractivity contribution in [3.8, 4) is 0 Å². The van der Waals surface area contributed by atoms with Gasteiger partial charge in [0.25, 0.3) is 0 Å². The van der Waals surface area contributed by atoms with Crippen molar-refractivity contribution in [3.63, 3.8) is 0 Å². The summed E-state index contributed by atoms with van der Waals surface area (Å²) in [4.78, 5) is 12.0. The molecule has 0 radical (unpaired) electrons. The number of hydrogen-bond acceptors (Lipinski definition) is 2. The molecule has 0 unspecified atom stereocenters. The number of alkyl halides is 3. The Morgan fingerprint density at radius 2 is 1.79 bits per heavy atom. The fraction of sp³-hybridized carbons (Fsp3) is 0.462. The van der Waals surface area contributed by atoms with Gasteiger partial charge in [-0.3, -0.25) is 4.79 Å². The molecule has 0 saturated heterocycles. The van der Waals surface area contributed by atoms with Crippen LogP contribution in [-0.4, -0.2) is 16.5 Å². The average Bonchev–Trinajstić information content (AvgIpc) is 2.76. The Kier molecular flexibility index (Phi) is 3.38. The summed E-state index contributed by atoms with van der Waals surface area (Å²) in [7, 11) is 0. The predicted octanol–water partition coefficient (Wildman–Crippen LogP) is 3.33. The third kappa shape index (κ3) is 2.63. The van der Waals surface area contributed by atoms with Crippen LogP contribution in [0.2, 0.25) is 0 Å². The third-order valence-corrected chi connectivity index (χ3v) is 3.39. The first kappa shape index (κ1) is 14.0. The number of carbonyl (C=O) groups is 1. The Morgan fingerprint density at radius 3 is 2.32 bits per heavy atom. The summed E-state index contributed by atoms with van der Waals surface area (Å²) in [6, 6.07) is 2.05. The number of rotatable bonds is 2. The SMILES string of the molecule is O=C(c1ccc(F)c(C(F)(F)F)c1)C1(O)CCCC1. The molecule has 0 heterocycles. The normalized spacial score (nSPS) is 18.6. The van der Waals surface area contributed by atoms with E-state index in [2.05, 4.69) is 0 Å². The molecule has 0 amide bonds. The van der Waals surface area contributed by atoms with E-state index >= 15 is 0 Å². The molecule has 1 N–H and O–H groups in total. The minimum absolute atomic E-state index is 0.227. The Bertz CT molecular complexity index is 502. The van der Waals surface area contributed by atoms with Crippen LogP contribution in [0.5, 0.6) is 0 Å². The van der Waals surface area contributed by atoms with Crippen molar-refractivity contribution in [2.24, 2.45) is 0 Å². The van der Waals surface area contributed by atoms with Crippen LogP contribution >= 0.6 is 0 Å². The van der Waals surface area contributed by atoms with E-state index in [9.17, 15) is 27.5 Å². The van der Waals surface area contributed by atoms with Crippen molar-refractivity contribution >= 4 is 5.78 Å². The molecule has 2 nitrogen and oxygen atoms in total. The van der Waals surface area contributed by atoms with Crippen LogP contribution in [0.1, 0.15) is 41.6 Å². The highest BCUT2D eigenvalue weighted by Gasteiger charge is 2.41. The number of carbonyl (C=O) groups excluding carboxylic acids is 1. The van der Waals surface area contributed by atoms with Gasteiger partial charge in [0.05, 0.1) is 5.56 Å². The number of Topliss-reactive ketones (excluding diaryl/α,β-unsaturated/α-hetero) is 1. The molecule has 2 rings (SSSR count). The second-order valence-corrected chi connectivity index (χ2v) is 4.76. The maximum Gasteiger partial charge on any atom is 0.419 e. The van der Waals surface area contributed by atoms with Crippen LogP contribution in [-0.2, 0) is 6.18 Å². The lowest BCUT2D eigenvalue weighted by Gasteiger charge is -2.21. The van der Waals surface area contributed by atoms with Crippen molar-refractivity contribution in [2.75, 3.05) is 0 Å². The van der Waals surface area contributed by atoms with Gasteiger partial charge in [-0.2, -0.15) is 13.2 Å². The molecule has 1 aliphatic rings. The molecule has 0 aromatic heterocycles. The Labute approximate surface area is 107 Å². The van der Waals surface area contributed by atoms with Crippen LogP contribution in [0, 0.1) is 5.82 Å². The number of ketones is 1. The molecule has 0 aliphatic heterocycles. The third-order valence-electron chi connectivity index (χ3n) is 3.39. The van der Waals surface area contributed by atoms with E-state index in [-0.39, 0.29) is 18.4 Å². The molecule has 1 saturated carbocycles. The number of hydrogen-bond donors (Lipinski definition) is 1. The number of benzene rings is 1. The lowest BCUT2D eigenvalue weighted by molar-refractivity contribution is -0.140. The molecule has 0 spiro atoms. The Morgan fingerprint density at radius 1 is 1.21 bits per heavy atom. The van der Waals surface area contributed by atoms with Gasteiger partial charge in [0.2, 0.25) is 0 Å². The molecule has 6 heteroatoms. The summed E-state index contributed by atoms with van der Waals surface area (Å²) in [5, 5.41) is 10.1. The van der Waals surface area contributed by atoms with Gasteiger partial charge in [0.1, 0.15) is 11.4 Å². The molecule has 1 aliphatic carbocycles. The summed E-state index contributed by atoms with van der Waals surface area (Å²) >= 11 is 0. The first-order chi connectivity index (χ1) is 8.74. The number of halogens is 4. The van der Waals surface area contributed by atoms with Crippen LogP contribution in [0.25, 0.3) is 0 Å². The first-order valence-electron chi connectivity index (χ1n) is 5.88. The summed E-state index contributed by atoms with van der Waals surface area (Å²) < 4.78 is 50.8. The van der Waals surface area contributed by atoms with Gasteiger partial charge in [0.15, 0.2) is 5.78 Å². The fourth-order valence-electron chi connectivity index (χ4n) is 2.34. The highest BCUT2D eigenvalue weighted by atomic mass is 19.4. The Hall–Kier alpha value is -1.43. The quantitative estimate of drug-likeness (QED) is 0.664. The van der Waals surface area contributed by atoms with E-state index in [1.54, 1.807) is 0 Å². The zero-order valence-corrected chi connectivity index (χ0v) is 9.93. The lowest BCUT2D eigenvalue weighted by Crippen LogP contribution is -2.35. The first-order valence-corrected chi connectivity index (χ1v) is 5.88. The van der Waals surface area contributed by atoms with E-state index in [0.717, 1.165) is 6.07 Å². The van der Waals surface area contributed by atoms with Gasteiger partial charge in [0, 0.05) is 5.56 Å². The monoisotopic (exact) mass is 276 g/mol. The van der Waals surface area contributed by atoms with Crippen molar-refractivity contribution in [1.82, 2.24) is 0 Å². The van der Waals surface area contributed by atoms with Crippen molar-refractivity contribution < 1.29 is 27.5 Å². The minimum atomic E-state index is -4.86. The molecule has 1 fully saturated rings. The van der Waals surface area contributed by atoms with Crippen molar-refractivity contribution in [1.29, 1.82) is 0 Å². The molecule has 104 valence electrons. The average molecular weight is 276 g/mol. The van der Waals surface area contributed by atoms with E-state index in [4.69, 9.17) is 0 Å². The molecule has 19 heavy (non-hydrogen) atoms. The highest BCUT2D eigenvalue weighted by molar-refractivity contribution is 6.02. The summed E-state index contributed by atoms with van der Waals surface area (Å²) in [6.45, 7) is 0. The van der Waals surface area contributed by atoms with E-state index in [1.807, 2.05) is 0 Å². The van der Waals surface area contributed by atoms with E-state index < -0.39 is 28.9 Å². The lowest BCUT2D eigenvalue weighted by atomic mass is 9.90. The molecular weight excluding hydrogens is 264 g/mol. The van der Waals surface area contributed by atoms with Crippen molar-refractivity contribution in [3.05, 3.63) is 35.1 Å². The zero-order chi connectivity index (χ0) is 14.3. The molecular formula is C13H12F4O2. The Balaban J connectivity index is 2.39. The van der Waals surface area contributed by atoms with Gasteiger partial charge in [-0.05, 0) is 43.9 Å². The molecule has 0 atom stereocenters. The standard InChI is InChI=1S/C13H12F4O2/c14-10-4-3-8(7-9(10)13(15,16)17)11(18)12(19)5-1-2-6-12/h3-4,7,19H,1-2,5-6H2. The molecule has 1 aromatic carbocycles. The van der Waals surface area contributed by atoms with Crippen LogP contribution in [0.4, 0.5) is 17.6 Å². The minimum Gasteiger partial charge on any atom is -0.382 e. The van der Waals surface area contributed by atoms with Gasteiger partial charge in [-0.25, -0.2) is 4.39 Å². The van der Waals surface area contributed by atoms with Crippen LogP contribution in [0.15, 0.2) is 18.2 Å². The topological polar surface area (TPSA) is 37.3 Å². The molecule has 0 bridgehead atoms. The van der Waals surface area contributed by atoms with Crippen LogP contribution < -0.4 is 0 Å². The summed E-state index contributed by atoms with van der Waals surface area (Å²) in [6.07, 6.45) is -3.11. The van der Waals surface area contributed by atoms with E-state index in [1.165, 1.54) is 0 Å². The molecule has 1 aromatic rings. The van der Waals surface area contributed by atoms with Gasteiger partial charge in [-0.1, -0.05) is 0 Å². The van der Waals surface area contributed by atoms with Crippen LogP contribution in [0.3, 0.4) is 0 Å². The maximum atomic E-state index is 13.1. The predicted molar refractivity (Wildman–Crippen MR) is 59.2 cm³/mol. The largest absolute Gasteiger partial charge is 0.419 e. The maximum absolute atomic E-state index is 13.1.